The SMILES string of the molecule is Cl.O=C(O)Cn1cnc2ncccc2c1=O. The molecule has 2 rings (SSSR count). The molecule has 0 aliphatic rings. The van der Waals surface area contributed by atoms with Crippen molar-refractivity contribution in [3.8, 4) is 0 Å². The van der Waals surface area contributed by atoms with Crippen molar-refractivity contribution >= 4 is 29.4 Å². The van der Waals surface area contributed by atoms with E-state index in [0.717, 1.165) is 4.57 Å². The molecule has 0 spiro atoms. The number of carbonyl (C=O) groups is 1. The molecule has 0 amide bonds. The molecule has 7 heteroatoms. The number of hydrogen-bond donors (Lipinski definition) is 1. The van der Waals surface area contributed by atoms with Gasteiger partial charge in [-0.15, -0.1) is 12.4 Å². The minimum absolute atomic E-state index is 0. The van der Waals surface area contributed by atoms with Crippen LogP contribution in [0.1, 0.15) is 0 Å². The van der Waals surface area contributed by atoms with Gasteiger partial charge < -0.3 is 5.11 Å². The Kier molecular flexibility index (Phi) is 3.57. The third kappa shape index (κ3) is 2.17. The summed E-state index contributed by atoms with van der Waals surface area (Å²) < 4.78 is 1.03. The molecule has 2 heterocycles. The maximum absolute atomic E-state index is 11.7. The Morgan fingerprint density at radius 1 is 1.44 bits per heavy atom. The Balaban J connectivity index is 0.00000128. The highest BCUT2D eigenvalue weighted by molar-refractivity contribution is 5.85. The number of nitrogens with zero attached hydrogens (tertiary/aromatic N) is 3. The summed E-state index contributed by atoms with van der Waals surface area (Å²) in [7, 11) is 0. The van der Waals surface area contributed by atoms with Gasteiger partial charge in [0.15, 0.2) is 5.65 Å². The highest BCUT2D eigenvalue weighted by Gasteiger charge is 2.06. The van der Waals surface area contributed by atoms with E-state index in [2.05, 4.69) is 9.97 Å². The zero-order chi connectivity index (χ0) is 10.8. The molecule has 16 heavy (non-hydrogen) atoms. The summed E-state index contributed by atoms with van der Waals surface area (Å²) in [6.07, 6.45) is 2.71. The lowest BCUT2D eigenvalue weighted by molar-refractivity contribution is -0.137. The van der Waals surface area contributed by atoms with Gasteiger partial charge in [-0.25, -0.2) is 9.97 Å². The predicted molar refractivity (Wildman–Crippen MR) is 58.7 cm³/mol. The first kappa shape index (κ1) is 12.1. The molecule has 0 bridgehead atoms. The Bertz CT molecular complexity index is 581. The third-order valence-corrected chi connectivity index (χ3v) is 1.90. The van der Waals surface area contributed by atoms with Crippen LogP contribution >= 0.6 is 12.4 Å². The molecule has 0 unspecified atom stereocenters. The van der Waals surface area contributed by atoms with E-state index in [4.69, 9.17) is 5.11 Å². The topological polar surface area (TPSA) is 85.1 Å². The maximum atomic E-state index is 11.7. The van der Waals surface area contributed by atoms with Gasteiger partial charge in [-0.1, -0.05) is 0 Å². The van der Waals surface area contributed by atoms with Gasteiger partial charge in [0.25, 0.3) is 5.56 Å². The standard InChI is InChI=1S/C9H7N3O3.ClH/c13-7(14)4-12-5-11-8-6(9(12)15)2-1-3-10-8;/h1-3,5H,4H2,(H,13,14);1H. The van der Waals surface area contributed by atoms with Gasteiger partial charge in [0.1, 0.15) is 12.9 Å². The fraction of sp³-hybridized carbons (Fsp3) is 0.111. The minimum atomic E-state index is -1.08. The summed E-state index contributed by atoms with van der Waals surface area (Å²) in [6, 6.07) is 3.17. The summed E-state index contributed by atoms with van der Waals surface area (Å²) in [5.74, 6) is -1.08. The molecule has 2 aromatic rings. The van der Waals surface area contributed by atoms with Crippen LogP contribution in [0.25, 0.3) is 11.0 Å². The van der Waals surface area contributed by atoms with E-state index in [-0.39, 0.29) is 12.4 Å². The van der Waals surface area contributed by atoms with Crippen molar-refractivity contribution in [1.82, 2.24) is 14.5 Å². The Morgan fingerprint density at radius 2 is 2.19 bits per heavy atom. The molecular weight excluding hydrogens is 234 g/mol. The molecule has 0 atom stereocenters. The van der Waals surface area contributed by atoms with Crippen LogP contribution in [0.4, 0.5) is 0 Å². The molecular formula is C9H8ClN3O3. The quantitative estimate of drug-likeness (QED) is 0.817. The maximum Gasteiger partial charge on any atom is 0.323 e. The fourth-order valence-electron chi connectivity index (χ4n) is 1.26. The van der Waals surface area contributed by atoms with Crippen LogP contribution in [-0.2, 0) is 11.3 Å². The highest BCUT2D eigenvalue weighted by atomic mass is 35.5. The Hall–Kier alpha value is -1.95. The molecule has 0 radical (unpaired) electrons. The van der Waals surface area contributed by atoms with Crippen molar-refractivity contribution in [2.75, 3.05) is 0 Å². The summed E-state index contributed by atoms with van der Waals surface area (Å²) in [6.45, 7) is -0.392. The Morgan fingerprint density at radius 3 is 2.88 bits per heavy atom. The lowest BCUT2D eigenvalue weighted by Gasteiger charge is -2.01. The van der Waals surface area contributed by atoms with Crippen LogP contribution in [0.3, 0.4) is 0 Å². The molecule has 2 aromatic heterocycles. The molecule has 0 saturated carbocycles. The molecule has 0 saturated heterocycles. The number of rotatable bonds is 2. The van der Waals surface area contributed by atoms with Crippen LogP contribution in [0.5, 0.6) is 0 Å². The Labute approximate surface area is 96.0 Å². The number of aromatic nitrogens is 3. The van der Waals surface area contributed by atoms with Gasteiger partial charge >= 0.3 is 5.97 Å². The van der Waals surface area contributed by atoms with Gasteiger partial charge in [-0.2, -0.15) is 0 Å². The number of hydrogen-bond acceptors (Lipinski definition) is 4. The van der Waals surface area contributed by atoms with E-state index in [9.17, 15) is 9.59 Å². The second-order valence-corrected chi connectivity index (χ2v) is 2.95. The first-order valence-electron chi connectivity index (χ1n) is 4.20. The van der Waals surface area contributed by atoms with Crippen molar-refractivity contribution in [3.63, 3.8) is 0 Å². The van der Waals surface area contributed by atoms with Crippen molar-refractivity contribution < 1.29 is 9.90 Å². The van der Waals surface area contributed by atoms with Gasteiger partial charge in [0.2, 0.25) is 0 Å². The van der Waals surface area contributed by atoms with Crippen LogP contribution in [0.15, 0.2) is 29.5 Å². The zero-order valence-electron chi connectivity index (χ0n) is 8.03. The van der Waals surface area contributed by atoms with E-state index in [1.165, 1.54) is 12.5 Å². The number of carboxylic acid groups (broad SMARTS) is 1. The average Bonchev–Trinajstić information content (AvgIpc) is 2.22. The summed E-state index contributed by atoms with van der Waals surface area (Å²) in [5, 5.41) is 8.88. The van der Waals surface area contributed by atoms with Crippen molar-refractivity contribution in [2.24, 2.45) is 0 Å². The first-order valence-corrected chi connectivity index (χ1v) is 4.20. The molecule has 6 nitrogen and oxygen atoms in total. The van der Waals surface area contributed by atoms with E-state index in [1.54, 1.807) is 12.1 Å². The van der Waals surface area contributed by atoms with Crippen LogP contribution in [0, 0.1) is 0 Å². The number of aliphatic carboxylic acids is 1. The molecule has 0 aliphatic carbocycles. The number of carboxylic acids is 1. The highest BCUT2D eigenvalue weighted by Crippen LogP contribution is 2.00. The summed E-state index contributed by atoms with van der Waals surface area (Å²) in [4.78, 5) is 29.9. The van der Waals surface area contributed by atoms with Crippen LogP contribution in [-0.4, -0.2) is 25.6 Å². The van der Waals surface area contributed by atoms with E-state index in [0.29, 0.717) is 11.0 Å². The molecule has 0 fully saturated rings. The zero-order valence-corrected chi connectivity index (χ0v) is 8.85. The number of pyridine rings is 1. The second-order valence-electron chi connectivity index (χ2n) is 2.95. The second kappa shape index (κ2) is 4.71. The molecule has 84 valence electrons. The van der Waals surface area contributed by atoms with Crippen LogP contribution in [0.2, 0.25) is 0 Å². The molecule has 0 aliphatic heterocycles. The number of fused-ring (bicyclic) bond motifs is 1. The summed E-state index contributed by atoms with van der Waals surface area (Å²) in [5.41, 5.74) is -0.0698. The lowest BCUT2D eigenvalue weighted by atomic mass is 10.3. The first-order chi connectivity index (χ1) is 7.18. The van der Waals surface area contributed by atoms with Gasteiger partial charge in [0.05, 0.1) is 5.39 Å². The number of halogens is 1. The largest absolute Gasteiger partial charge is 0.480 e. The minimum Gasteiger partial charge on any atom is -0.480 e. The average molecular weight is 242 g/mol. The summed E-state index contributed by atoms with van der Waals surface area (Å²) >= 11 is 0. The van der Waals surface area contributed by atoms with Crippen molar-refractivity contribution in [2.45, 2.75) is 6.54 Å². The van der Waals surface area contributed by atoms with Gasteiger partial charge in [-0.3, -0.25) is 14.2 Å². The van der Waals surface area contributed by atoms with E-state index < -0.39 is 18.1 Å². The van der Waals surface area contributed by atoms with E-state index >= 15 is 0 Å². The van der Waals surface area contributed by atoms with Crippen LogP contribution < -0.4 is 5.56 Å². The molecule has 0 aromatic carbocycles. The molecule has 1 N–H and O–H groups in total. The normalized spacial score (nSPS) is 9.75. The lowest BCUT2D eigenvalue weighted by Crippen LogP contribution is -2.24. The third-order valence-electron chi connectivity index (χ3n) is 1.90. The van der Waals surface area contributed by atoms with E-state index in [1.807, 2.05) is 0 Å². The predicted octanol–water partition coefficient (Wildman–Crippen LogP) is 0.298. The fourth-order valence-corrected chi connectivity index (χ4v) is 1.26. The van der Waals surface area contributed by atoms with Crippen molar-refractivity contribution in [1.29, 1.82) is 0 Å². The van der Waals surface area contributed by atoms with Gasteiger partial charge in [-0.05, 0) is 12.1 Å². The monoisotopic (exact) mass is 241 g/mol. The van der Waals surface area contributed by atoms with Crippen molar-refractivity contribution in [3.05, 3.63) is 35.0 Å². The smallest absolute Gasteiger partial charge is 0.323 e. The van der Waals surface area contributed by atoms with Gasteiger partial charge in [0, 0.05) is 6.20 Å².